The van der Waals surface area contributed by atoms with Gasteiger partial charge in [0.25, 0.3) is 0 Å². The lowest BCUT2D eigenvalue weighted by molar-refractivity contribution is 1.08. The number of H-pyrrole nitrogens is 1. The van der Waals surface area contributed by atoms with E-state index in [-0.39, 0.29) is 0 Å². The molecule has 2 nitrogen and oxygen atoms in total. The van der Waals surface area contributed by atoms with Crippen molar-refractivity contribution in [2.24, 2.45) is 0 Å². The van der Waals surface area contributed by atoms with Crippen molar-refractivity contribution in [2.45, 2.75) is 0 Å². The van der Waals surface area contributed by atoms with Gasteiger partial charge in [0.2, 0.25) is 0 Å². The Hall–Kier alpha value is -3.05. The van der Waals surface area contributed by atoms with E-state index in [1.807, 2.05) is 78.9 Å². The SMILES string of the molecule is C(#Cc1ccccc1)/C=C\c1cc(-c2ccccc2)n[nH]1. The van der Waals surface area contributed by atoms with Gasteiger partial charge in [-0.15, -0.1) is 0 Å². The minimum absolute atomic E-state index is 0.936. The molecule has 21 heavy (non-hydrogen) atoms. The van der Waals surface area contributed by atoms with Crippen LogP contribution in [-0.2, 0) is 0 Å². The summed E-state index contributed by atoms with van der Waals surface area (Å²) in [6.07, 6.45) is 3.75. The molecule has 3 rings (SSSR count). The summed E-state index contributed by atoms with van der Waals surface area (Å²) >= 11 is 0. The van der Waals surface area contributed by atoms with E-state index in [2.05, 4.69) is 22.0 Å². The molecule has 0 radical (unpaired) electrons. The second-order valence-corrected chi connectivity index (χ2v) is 4.54. The van der Waals surface area contributed by atoms with Crippen molar-refractivity contribution in [2.75, 3.05) is 0 Å². The fourth-order valence-electron chi connectivity index (χ4n) is 1.96. The summed E-state index contributed by atoms with van der Waals surface area (Å²) < 4.78 is 0. The highest BCUT2D eigenvalue weighted by Crippen LogP contribution is 2.17. The van der Waals surface area contributed by atoms with Crippen molar-refractivity contribution in [1.82, 2.24) is 10.2 Å². The minimum Gasteiger partial charge on any atom is -0.278 e. The zero-order valence-electron chi connectivity index (χ0n) is 11.5. The Labute approximate surface area is 124 Å². The first kappa shape index (κ1) is 13.0. The van der Waals surface area contributed by atoms with Crippen LogP contribution in [0.4, 0.5) is 0 Å². The molecular formula is C19H14N2. The minimum atomic E-state index is 0.936. The largest absolute Gasteiger partial charge is 0.278 e. The van der Waals surface area contributed by atoms with Crippen molar-refractivity contribution in [3.63, 3.8) is 0 Å². The summed E-state index contributed by atoms with van der Waals surface area (Å²) in [5.74, 6) is 6.10. The van der Waals surface area contributed by atoms with Gasteiger partial charge in [-0.3, -0.25) is 5.10 Å². The second-order valence-electron chi connectivity index (χ2n) is 4.54. The normalized spacial score (nSPS) is 10.3. The first-order valence-electron chi connectivity index (χ1n) is 6.76. The number of hydrogen-bond donors (Lipinski definition) is 1. The maximum Gasteiger partial charge on any atom is 0.0926 e. The van der Waals surface area contributed by atoms with E-state index >= 15 is 0 Å². The van der Waals surface area contributed by atoms with E-state index in [0.29, 0.717) is 0 Å². The number of nitrogens with zero attached hydrogens (tertiary/aromatic N) is 1. The Morgan fingerprint density at radius 2 is 1.62 bits per heavy atom. The van der Waals surface area contributed by atoms with E-state index in [1.165, 1.54) is 0 Å². The van der Waals surface area contributed by atoms with Gasteiger partial charge in [-0.1, -0.05) is 60.4 Å². The van der Waals surface area contributed by atoms with Crippen molar-refractivity contribution < 1.29 is 0 Å². The van der Waals surface area contributed by atoms with Gasteiger partial charge in [0.15, 0.2) is 0 Å². The number of allylic oxidation sites excluding steroid dienone is 1. The molecule has 100 valence electrons. The lowest BCUT2D eigenvalue weighted by atomic mass is 10.1. The highest BCUT2D eigenvalue weighted by atomic mass is 15.1. The summed E-state index contributed by atoms with van der Waals surface area (Å²) in [6.45, 7) is 0. The summed E-state index contributed by atoms with van der Waals surface area (Å²) in [5, 5.41) is 7.30. The Morgan fingerprint density at radius 1 is 0.905 bits per heavy atom. The van der Waals surface area contributed by atoms with Gasteiger partial charge in [-0.2, -0.15) is 5.10 Å². The number of nitrogens with one attached hydrogen (secondary N) is 1. The van der Waals surface area contributed by atoms with E-state index in [1.54, 1.807) is 0 Å². The third kappa shape index (κ3) is 3.49. The van der Waals surface area contributed by atoms with Gasteiger partial charge in [-0.05, 0) is 30.4 Å². The molecule has 1 aromatic heterocycles. The molecular weight excluding hydrogens is 256 g/mol. The molecule has 0 spiro atoms. The van der Waals surface area contributed by atoms with Gasteiger partial charge in [-0.25, -0.2) is 0 Å². The van der Waals surface area contributed by atoms with Gasteiger partial charge < -0.3 is 0 Å². The van der Waals surface area contributed by atoms with E-state index in [0.717, 1.165) is 22.5 Å². The van der Waals surface area contributed by atoms with Gasteiger partial charge >= 0.3 is 0 Å². The average molecular weight is 270 g/mol. The zero-order chi connectivity index (χ0) is 14.3. The van der Waals surface area contributed by atoms with Crippen LogP contribution >= 0.6 is 0 Å². The average Bonchev–Trinajstić information content (AvgIpc) is 3.02. The van der Waals surface area contributed by atoms with E-state index in [4.69, 9.17) is 0 Å². The monoisotopic (exact) mass is 270 g/mol. The van der Waals surface area contributed by atoms with Crippen LogP contribution in [0.1, 0.15) is 11.3 Å². The Balaban J connectivity index is 1.71. The van der Waals surface area contributed by atoms with Crippen molar-refractivity contribution in [3.8, 4) is 23.1 Å². The van der Waals surface area contributed by atoms with Gasteiger partial charge in [0.1, 0.15) is 0 Å². The molecule has 0 fully saturated rings. The molecule has 1 heterocycles. The number of rotatable bonds is 2. The Bertz CT molecular complexity index is 788. The number of aromatic amines is 1. The highest BCUT2D eigenvalue weighted by Gasteiger charge is 2.00. The number of aromatic nitrogens is 2. The quantitative estimate of drug-likeness (QED) is 0.696. The fraction of sp³-hybridized carbons (Fsp3) is 0. The third-order valence-corrected chi connectivity index (χ3v) is 3.00. The molecule has 0 amide bonds. The lowest BCUT2D eigenvalue weighted by Crippen LogP contribution is -1.75. The summed E-state index contributed by atoms with van der Waals surface area (Å²) in [4.78, 5) is 0. The molecule has 0 aliphatic carbocycles. The second kappa shape index (κ2) is 6.40. The van der Waals surface area contributed by atoms with Crippen LogP contribution in [0.5, 0.6) is 0 Å². The lowest BCUT2D eigenvalue weighted by Gasteiger charge is -1.92. The van der Waals surface area contributed by atoms with E-state index in [9.17, 15) is 0 Å². The number of hydrogen-bond acceptors (Lipinski definition) is 1. The predicted octanol–water partition coefficient (Wildman–Crippen LogP) is 4.14. The van der Waals surface area contributed by atoms with Crippen molar-refractivity contribution >= 4 is 6.08 Å². The van der Waals surface area contributed by atoms with Crippen LogP contribution in [0.2, 0.25) is 0 Å². The van der Waals surface area contributed by atoms with Crippen LogP contribution < -0.4 is 0 Å². The zero-order valence-corrected chi connectivity index (χ0v) is 11.5. The first-order valence-corrected chi connectivity index (χ1v) is 6.76. The molecule has 0 aliphatic heterocycles. The maximum absolute atomic E-state index is 4.30. The van der Waals surface area contributed by atoms with Crippen LogP contribution in [0.25, 0.3) is 17.3 Å². The molecule has 0 saturated carbocycles. The van der Waals surface area contributed by atoms with Crippen LogP contribution in [-0.4, -0.2) is 10.2 Å². The molecule has 2 aromatic carbocycles. The fourth-order valence-corrected chi connectivity index (χ4v) is 1.96. The predicted molar refractivity (Wildman–Crippen MR) is 86.4 cm³/mol. The van der Waals surface area contributed by atoms with Crippen LogP contribution in [0, 0.1) is 11.8 Å². The topological polar surface area (TPSA) is 28.7 Å². The first-order chi connectivity index (χ1) is 10.4. The molecule has 0 bridgehead atoms. The van der Waals surface area contributed by atoms with Gasteiger partial charge in [0.05, 0.1) is 11.4 Å². The molecule has 0 unspecified atom stereocenters. The smallest absolute Gasteiger partial charge is 0.0926 e. The van der Waals surface area contributed by atoms with E-state index < -0.39 is 0 Å². The molecule has 0 atom stereocenters. The third-order valence-electron chi connectivity index (χ3n) is 3.00. The van der Waals surface area contributed by atoms with Crippen molar-refractivity contribution in [3.05, 3.63) is 84.1 Å². The van der Waals surface area contributed by atoms with Crippen molar-refractivity contribution in [1.29, 1.82) is 0 Å². The van der Waals surface area contributed by atoms with Crippen LogP contribution in [0.15, 0.2) is 72.8 Å². The Morgan fingerprint density at radius 3 is 2.38 bits per heavy atom. The molecule has 2 heteroatoms. The summed E-state index contributed by atoms with van der Waals surface area (Å²) in [6, 6.07) is 22.0. The maximum atomic E-state index is 4.30. The van der Waals surface area contributed by atoms with Crippen LogP contribution in [0.3, 0.4) is 0 Å². The molecule has 0 saturated heterocycles. The summed E-state index contributed by atoms with van der Waals surface area (Å²) in [5.41, 5.74) is 3.99. The Kier molecular flexibility index (Phi) is 3.95. The molecule has 3 aromatic rings. The van der Waals surface area contributed by atoms with Gasteiger partial charge in [0, 0.05) is 11.1 Å². The number of benzene rings is 2. The summed E-state index contributed by atoms with van der Waals surface area (Å²) in [7, 11) is 0. The molecule has 0 aliphatic rings. The molecule has 1 N–H and O–H groups in total. The highest BCUT2D eigenvalue weighted by molar-refractivity contribution is 5.63. The standard InChI is InChI=1S/C19H14N2/c1-3-9-16(10-4-1)11-7-8-14-18-15-19(21-20-18)17-12-5-2-6-13-17/h1-6,8-10,12-15H,(H,20,21)/b14-8-.